The van der Waals surface area contributed by atoms with Crippen LogP contribution in [0.3, 0.4) is 0 Å². The highest BCUT2D eigenvalue weighted by Gasteiger charge is 2.16. The van der Waals surface area contributed by atoms with Gasteiger partial charge in [0.2, 0.25) is 0 Å². The van der Waals surface area contributed by atoms with Crippen molar-refractivity contribution in [3.63, 3.8) is 0 Å². The van der Waals surface area contributed by atoms with E-state index < -0.39 is 0 Å². The molecule has 0 aliphatic heterocycles. The first kappa shape index (κ1) is 8.57. The van der Waals surface area contributed by atoms with Gasteiger partial charge in [-0.1, -0.05) is 12.8 Å². The van der Waals surface area contributed by atoms with Crippen LogP contribution in [0, 0.1) is 11.3 Å². The Balaban J connectivity index is 2.23. The molecule has 1 saturated carbocycles. The Bertz CT molecular complexity index is 136. The highest BCUT2D eigenvalue weighted by molar-refractivity contribution is 5.75. The molecule has 64 valence electrons. The van der Waals surface area contributed by atoms with Gasteiger partial charge in [0.15, 0.2) is 0 Å². The van der Waals surface area contributed by atoms with Gasteiger partial charge < -0.3 is 4.90 Å². The smallest absolute Gasteiger partial charge is 0.0923 e. The summed E-state index contributed by atoms with van der Waals surface area (Å²) in [5.74, 6) is 1.55. The Labute approximate surface area is 69.1 Å². The van der Waals surface area contributed by atoms with Gasteiger partial charge in [0.05, 0.1) is 5.84 Å². The maximum atomic E-state index is 7.39. The van der Waals surface area contributed by atoms with Crippen molar-refractivity contribution in [3.8, 4) is 0 Å². The first-order chi connectivity index (χ1) is 5.20. The van der Waals surface area contributed by atoms with Gasteiger partial charge in [0.25, 0.3) is 0 Å². The van der Waals surface area contributed by atoms with Crippen LogP contribution in [0.15, 0.2) is 0 Å². The van der Waals surface area contributed by atoms with Crippen LogP contribution in [-0.2, 0) is 0 Å². The van der Waals surface area contributed by atoms with Gasteiger partial charge >= 0.3 is 0 Å². The van der Waals surface area contributed by atoms with Gasteiger partial charge in [-0.2, -0.15) is 0 Å². The molecule has 1 aliphatic carbocycles. The van der Waals surface area contributed by atoms with Gasteiger partial charge in [0, 0.05) is 13.6 Å². The fourth-order valence-electron chi connectivity index (χ4n) is 1.72. The van der Waals surface area contributed by atoms with Gasteiger partial charge in [-0.05, 0) is 25.7 Å². The Morgan fingerprint density at radius 1 is 1.45 bits per heavy atom. The summed E-state index contributed by atoms with van der Waals surface area (Å²) in [5, 5.41) is 7.39. The number of hydrogen-bond acceptors (Lipinski definition) is 1. The summed E-state index contributed by atoms with van der Waals surface area (Å²) in [7, 11) is 2.01. The van der Waals surface area contributed by atoms with E-state index in [-0.39, 0.29) is 0 Å². The van der Waals surface area contributed by atoms with E-state index in [4.69, 9.17) is 5.41 Å². The molecule has 0 heterocycles. The molecule has 0 saturated heterocycles. The maximum Gasteiger partial charge on any atom is 0.0923 e. The zero-order chi connectivity index (χ0) is 8.27. The second-order valence-electron chi connectivity index (χ2n) is 3.62. The maximum absolute atomic E-state index is 7.39. The van der Waals surface area contributed by atoms with Crippen molar-refractivity contribution in [1.29, 1.82) is 5.41 Å². The highest BCUT2D eigenvalue weighted by atomic mass is 15.1. The van der Waals surface area contributed by atoms with Crippen LogP contribution in [-0.4, -0.2) is 24.3 Å². The second-order valence-corrected chi connectivity index (χ2v) is 3.62. The molecule has 2 heteroatoms. The molecule has 1 rings (SSSR count). The number of hydrogen-bond donors (Lipinski definition) is 1. The Kier molecular flexibility index (Phi) is 2.92. The van der Waals surface area contributed by atoms with Crippen molar-refractivity contribution in [2.75, 3.05) is 13.6 Å². The molecule has 1 fully saturated rings. The topological polar surface area (TPSA) is 27.1 Å². The summed E-state index contributed by atoms with van der Waals surface area (Å²) in [6.07, 6.45) is 5.54. The normalized spacial score (nSPS) is 18.7. The average Bonchev–Trinajstić information content (AvgIpc) is 2.39. The summed E-state index contributed by atoms with van der Waals surface area (Å²) in [4.78, 5) is 2.05. The number of nitrogens with one attached hydrogen (secondary N) is 1. The molecule has 0 amide bonds. The Morgan fingerprint density at radius 3 is 2.45 bits per heavy atom. The summed E-state index contributed by atoms with van der Waals surface area (Å²) in [5.41, 5.74) is 0. The molecule has 0 atom stereocenters. The third-order valence-corrected chi connectivity index (χ3v) is 2.58. The first-order valence-electron chi connectivity index (χ1n) is 4.46. The predicted molar refractivity (Wildman–Crippen MR) is 48.0 cm³/mol. The molecule has 0 bridgehead atoms. The van der Waals surface area contributed by atoms with Crippen LogP contribution < -0.4 is 0 Å². The number of rotatable bonds is 2. The van der Waals surface area contributed by atoms with E-state index in [9.17, 15) is 0 Å². The second kappa shape index (κ2) is 3.74. The van der Waals surface area contributed by atoms with Crippen molar-refractivity contribution in [3.05, 3.63) is 0 Å². The standard InChI is InChI=1S/C9H18N2/c1-8(10)11(2)7-9-5-3-4-6-9/h9-10H,3-7H2,1-2H3. The molecule has 2 nitrogen and oxygen atoms in total. The van der Waals surface area contributed by atoms with E-state index in [0.29, 0.717) is 5.84 Å². The lowest BCUT2D eigenvalue weighted by Crippen LogP contribution is -2.28. The van der Waals surface area contributed by atoms with E-state index in [0.717, 1.165) is 12.5 Å². The lowest BCUT2D eigenvalue weighted by Gasteiger charge is -2.21. The largest absolute Gasteiger partial charge is 0.364 e. The zero-order valence-electron chi connectivity index (χ0n) is 7.56. The number of amidine groups is 1. The number of nitrogens with zero attached hydrogens (tertiary/aromatic N) is 1. The molecule has 0 aromatic carbocycles. The molecule has 0 aromatic heterocycles. The molecule has 0 radical (unpaired) electrons. The van der Waals surface area contributed by atoms with E-state index in [2.05, 4.69) is 4.90 Å². The molecule has 1 aliphatic rings. The van der Waals surface area contributed by atoms with Crippen molar-refractivity contribution >= 4 is 5.84 Å². The molecule has 0 spiro atoms. The SMILES string of the molecule is CC(=N)N(C)CC1CCCC1. The molecular formula is C9H18N2. The fraction of sp³-hybridized carbons (Fsp3) is 0.889. The lowest BCUT2D eigenvalue weighted by atomic mass is 10.1. The first-order valence-corrected chi connectivity index (χ1v) is 4.46. The Hall–Kier alpha value is -0.530. The van der Waals surface area contributed by atoms with E-state index >= 15 is 0 Å². The molecular weight excluding hydrogens is 136 g/mol. The van der Waals surface area contributed by atoms with Crippen molar-refractivity contribution < 1.29 is 0 Å². The van der Waals surface area contributed by atoms with Crippen LogP contribution in [0.2, 0.25) is 0 Å². The molecule has 0 aromatic rings. The zero-order valence-corrected chi connectivity index (χ0v) is 7.56. The third-order valence-electron chi connectivity index (χ3n) is 2.58. The van der Waals surface area contributed by atoms with Gasteiger partial charge in [-0.25, -0.2) is 0 Å². The van der Waals surface area contributed by atoms with Gasteiger partial charge in [0.1, 0.15) is 0 Å². The van der Waals surface area contributed by atoms with Crippen molar-refractivity contribution in [2.24, 2.45) is 5.92 Å². The van der Waals surface area contributed by atoms with Gasteiger partial charge in [-0.15, -0.1) is 0 Å². The minimum atomic E-state index is 0.692. The predicted octanol–water partition coefficient (Wildman–Crippen LogP) is 2.11. The summed E-state index contributed by atoms with van der Waals surface area (Å²) < 4.78 is 0. The highest BCUT2D eigenvalue weighted by Crippen LogP contribution is 2.24. The average molecular weight is 154 g/mol. The molecule has 11 heavy (non-hydrogen) atoms. The van der Waals surface area contributed by atoms with E-state index in [1.165, 1.54) is 25.7 Å². The van der Waals surface area contributed by atoms with Crippen LogP contribution in [0.4, 0.5) is 0 Å². The van der Waals surface area contributed by atoms with E-state index in [1.54, 1.807) is 0 Å². The lowest BCUT2D eigenvalue weighted by molar-refractivity contribution is 0.385. The molecule has 1 N–H and O–H groups in total. The van der Waals surface area contributed by atoms with Crippen molar-refractivity contribution in [1.82, 2.24) is 4.90 Å². The summed E-state index contributed by atoms with van der Waals surface area (Å²) >= 11 is 0. The minimum absolute atomic E-state index is 0.692. The van der Waals surface area contributed by atoms with Gasteiger partial charge in [-0.3, -0.25) is 5.41 Å². The third kappa shape index (κ3) is 2.52. The minimum Gasteiger partial charge on any atom is -0.364 e. The Morgan fingerprint density at radius 2 is 2.00 bits per heavy atom. The van der Waals surface area contributed by atoms with Crippen LogP contribution in [0.5, 0.6) is 0 Å². The summed E-state index contributed by atoms with van der Waals surface area (Å²) in [6.45, 7) is 2.95. The van der Waals surface area contributed by atoms with Crippen LogP contribution in [0.25, 0.3) is 0 Å². The summed E-state index contributed by atoms with van der Waals surface area (Å²) in [6, 6.07) is 0. The van der Waals surface area contributed by atoms with E-state index in [1.807, 2.05) is 14.0 Å². The molecule has 0 unspecified atom stereocenters. The quantitative estimate of drug-likeness (QED) is 0.478. The van der Waals surface area contributed by atoms with Crippen LogP contribution in [0.1, 0.15) is 32.6 Å². The van der Waals surface area contributed by atoms with Crippen molar-refractivity contribution in [2.45, 2.75) is 32.6 Å². The fourth-order valence-corrected chi connectivity index (χ4v) is 1.72. The van der Waals surface area contributed by atoms with Crippen LogP contribution >= 0.6 is 0 Å². The monoisotopic (exact) mass is 154 g/mol.